The molecule has 5 heteroatoms. The highest BCUT2D eigenvalue weighted by Gasteiger charge is 2.30. The van der Waals surface area contributed by atoms with Crippen molar-refractivity contribution in [1.82, 2.24) is 4.90 Å². The van der Waals surface area contributed by atoms with Crippen molar-refractivity contribution >= 4 is 33.5 Å². The number of hydrogen-bond donors (Lipinski definition) is 1. The number of benzene rings is 1. The van der Waals surface area contributed by atoms with E-state index in [1.54, 1.807) is 12.1 Å². The fraction of sp³-hybridized carbons (Fsp3) is 0.417. The van der Waals surface area contributed by atoms with E-state index in [0.29, 0.717) is 10.6 Å². The van der Waals surface area contributed by atoms with Crippen LogP contribution in [-0.2, 0) is 4.79 Å². The van der Waals surface area contributed by atoms with Crippen LogP contribution in [0.5, 0.6) is 0 Å². The van der Waals surface area contributed by atoms with Gasteiger partial charge in [-0.1, -0.05) is 33.6 Å². The van der Waals surface area contributed by atoms with Gasteiger partial charge in [-0.25, -0.2) is 0 Å². The molecule has 1 aromatic rings. The van der Waals surface area contributed by atoms with E-state index in [4.69, 9.17) is 11.6 Å². The third-order valence-corrected chi connectivity index (χ3v) is 3.82. The maximum atomic E-state index is 11.4. The highest BCUT2D eigenvalue weighted by atomic mass is 79.9. The molecule has 1 heterocycles. The Morgan fingerprint density at radius 3 is 2.59 bits per heavy atom. The van der Waals surface area contributed by atoms with Gasteiger partial charge < -0.3 is 5.11 Å². The minimum Gasteiger partial charge on any atom is -0.480 e. The van der Waals surface area contributed by atoms with Crippen LogP contribution < -0.4 is 0 Å². The number of hydrogen-bond acceptors (Lipinski definition) is 2. The van der Waals surface area contributed by atoms with Gasteiger partial charge in [0.2, 0.25) is 0 Å². The van der Waals surface area contributed by atoms with Crippen LogP contribution in [0.3, 0.4) is 0 Å². The summed E-state index contributed by atoms with van der Waals surface area (Å²) in [5, 5.41) is 9.87. The lowest BCUT2D eigenvalue weighted by atomic mass is 10.1. The van der Waals surface area contributed by atoms with Crippen molar-refractivity contribution in [1.29, 1.82) is 0 Å². The predicted octanol–water partition coefficient (Wildman–Crippen LogP) is 3.32. The summed E-state index contributed by atoms with van der Waals surface area (Å²) in [7, 11) is 0. The Bertz CT molecular complexity index is 433. The molecule has 1 fully saturated rings. The molecule has 1 N–H and O–H groups in total. The Balaban J connectivity index is 2.35. The molecule has 1 saturated heterocycles. The zero-order valence-corrected chi connectivity index (χ0v) is 11.5. The third-order valence-electron chi connectivity index (χ3n) is 3.00. The van der Waals surface area contributed by atoms with Crippen LogP contribution in [0.4, 0.5) is 0 Å². The molecular weight excluding hydrogens is 305 g/mol. The lowest BCUT2D eigenvalue weighted by Gasteiger charge is -2.24. The highest BCUT2D eigenvalue weighted by molar-refractivity contribution is 9.10. The van der Waals surface area contributed by atoms with Gasteiger partial charge in [-0.15, -0.1) is 0 Å². The van der Waals surface area contributed by atoms with Crippen LogP contribution in [-0.4, -0.2) is 29.1 Å². The first-order chi connectivity index (χ1) is 8.09. The highest BCUT2D eigenvalue weighted by Crippen LogP contribution is 2.32. The van der Waals surface area contributed by atoms with Crippen LogP contribution in [0.15, 0.2) is 22.7 Å². The molecule has 92 valence electrons. The second-order valence-corrected chi connectivity index (χ2v) is 5.47. The van der Waals surface area contributed by atoms with Gasteiger partial charge in [0.05, 0.1) is 0 Å². The molecule has 0 aliphatic carbocycles. The number of carboxylic acids is 1. The number of nitrogens with zero attached hydrogens (tertiary/aromatic N) is 1. The van der Waals surface area contributed by atoms with Gasteiger partial charge in [0.1, 0.15) is 6.04 Å². The lowest BCUT2D eigenvalue weighted by Crippen LogP contribution is -2.31. The summed E-state index contributed by atoms with van der Waals surface area (Å²) in [6.45, 7) is 1.65. The van der Waals surface area contributed by atoms with E-state index in [0.717, 1.165) is 30.4 Å². The van der Waals surface area contributed by atoms with Gasteiger partial charge in [0, 0.05) is 9.50 Å². The Labute approximate surface area is 114 Å². The summed E-state index contributed by atoms with van der Waals surface area (Å²) in [5.74, 6) is -0.837. The first-order valence-corrected chi connectivity index (χ1v) is 6.68. The molecular formula is C12H13BrClNO2. The molecule has 0 aromatic heterocycles. The summed E-state index contributed by atoms with van der Waals surface area (Å²) >= 11 is 9.45. The predicted molar refractivity (Wildman–Crippen MR) is 70.3 cm³/mol. The number of rotatable bonds is 3. The number of carboxylic acid groups (broad SMARTS) is 1. The molecule has 1 unspecified atom stereocenters. The first kappa shape index (κ1) is 12.9. The van der Waals surface area contributed by atoms with Crippen LogP contribution in [0, 0.1) is 0 Å². The van der Waals surface area contributed by atoms with Crippen molar-refractivity contribution in [3.63, 3.8) is 0 Å². The molecule has 0 bridgehead atoms. The van der Waals surface area contributed by atoms with E-state index in [9.17, 15) is 9.90 Å². The number of aliphatic carboxylic acids is 1. The molecule has 0 saturated carbocycles. The molecule has 1 aliphatic rings. The van der Waals surface area contributed by atoms with Gasteiger partial charge in [0.15, 0.2) is 0 Å². The van der Waals surface area contributed by atoms with Crippen LogP contribution in [0.1, 0.15) is 24.4 Å². The normalized spacial score (nSPS) is 18.2. The van der Waals surface area contributed by atoms with Crippen molar-refractivity contribution in [2.24, 2.45) is 0 Å². The molecule has 3 nitrogen and oxygen atoms in total. The fourth-order valence-corrected chi connectivity index (χ4v) is 2.99. The molecule has 17 heavy (non-hydrogen) atoms. The number of likely N-dealkylation sites (tertiary alicyclic amines) is 1. The second-order valence-electron chi connectivity index (χ2n) is 4.15. The zero-order valence-electron chi connectivity index (χ0n) is 9.20. The van der Waals surface area contributed by atoms with Gasteiger partial charge in [-0.2, -0.15) is 0 Å². The minimum atomic E-state index is -0.837. The quantitative estimate of drug-likeness (QED) is 0.929. The van der Waals surface area contributed by atoms with Gasteiger partial charge >= 0.3 is 5.97 Å². The maximum absolute atomic E-state index is 11.4. The van der Waals surface area contributed by atoms with Crippen molar-refractivity contribution < 1.29 is 9.90 Å². The van der Waals surface area contributed by atoms with Crippen molar-refractivity contribution in [2.45, 2.75) is 18.9 Å². The van der Waals surface area contributed by atoms with E-state index in [-0.39, 0.29) is 0 Å². The summed E-state index contributed by atoms with van der Waals surface area (Å²) in [5.41, 5.74) is 0.671. The molecule has 1 aromatic carbocycles. The molecule has 1 atom stereocenters. The van der Waals surface area contributed by atoms with Gasteiger partial charge in [-0.05, 0) is 43.6 Å². The summed E-state index contributed by atoms with van der Waals surface area (Å²) < 4.78 is 0.858. The average Bonchev–Trinajstić information content (AvgIpc) is 2.74. The minimum absolute atomic E-state index is 0.499. The van der Waals surface area contributed by atoms with E-state index in [2.05, 4.69) is 15.9 Å². The largest absolute Gasteiger partial charge is 0.480 e. The fourth-order valence-electron chi connectivity index (χ4n) is 2.21. The molecule has 0 radical (unpaired) electrons. The standard InChI is InChI=1S/C12H13BrClNO2/c13-8-3-4-9(10(14)7-8)11(12(16)17)15-5-1-2-6-15/h3-4,7,11H,1-2,5-6H2,(H,16,17). The Morgan fingerprint density at radius 1 is 1.41 bits per heavy atom. The molecule has 2 rings (SSSR count). The SMILES string of the molecule is O=C(O)C(c1ccc(Br)cc1Cl)N1CCCC1. The van der Waals surface area contributed by atoms with Gasteiger partial charge in [-0.3, -0.25) is 9.69 Å². The first-order valence-electron chi connectivity index (χ1n) is 5.51. The maximum Gasteiger partial charge on any atom is 0.325 e. The van der Waals surface area contributed by atoms with Crippen molar-refractivity contribution in [2.75, 3.05) is 13.1 Å². The van der Waals surface area contributed by atoms with Crippen LogP contribution in [0.25, 0.3) is 0 Å². The van der Waals surface area contributed by atoms with E-state index >= 15 is 0 Å². The van der Waals surface area contributed by atoms with Crippen LogP contribution >= 0.6 is 27.5 Å². The van der Waals surface area contributed by atoms with E-state index < -0.39 is 12.0 Å². The van der Waals surface area contributed by atoms with E-state index in [1.165, 1.54) is 0 Å². The lowest BCUT2D eigenvalue weighted by molar-refractivity contribution is -0.143. The van der Waals surface area contributed by atoms with E-state index in [1.807, 2.05) is 11.0 Å². The number of halogens is 2. The third kappa shape index (κ3) is 2.81. The van der Waals surface area contributed by atoms with Crippen molar-refractivity contribution in [3.8, 4) is 0 Å². The Morgan fingerprint density at radius 2 is 2.06 bits per heavy atom. The summed E-state index contributed by atoms with van der Waals surface area (Å²) in [4.78, 5) is 13.4. The second kappa shape index (κ2) is 5.38. The van der Waals surface area contributed by atoms with Crippen LogP contribution in [0.2, 0.25) is 5.02 Å². The average molecular weight is 319 g/mol. The Kier molecular flexibility index (Phi) is 4.07. The molecule has 0 amide bonds. The number of carbonyl (C=O) groups is 1. The van der Waals surface area contributed by atoms with Gasteiger partial charge in [0.25, 0.3) is 0 Å². The molecule has 1 aliphatic heterocycles. The molecule has 0 spiro atoms. The zero-order chi connectivity index (χ0) is 12.4. The van der Waals surface area contributed by atoms with Crippen molar-refractivity contribution in [3.05, 3.63) is 33.3 Å². The smallest absolute Gasteiger partial charge is 0.325 e. The topological polar surface area (TPSA) is 40.5 Å². The summed E-state index contributed by atoms with van der Waals surface area (Å²) in [6.07, 6.45) is 2.11. The summed E-state index contributed by atoms with van der Waals surface area (Å²) in [6, 6.07) is 4.72. The Hall–Kier alpha value is -0.580. The monoisotopic (exact) mass is 317 g/mol.